The first-order chi connectivity index (χ1) is 10.9. The summed E-state index contributed by atoms with van der Waals surface area (Å²) >= 11 is 0. The van der Waals surface area contributed by atoms with E-state index in [1.165, 1.54) is 0 Å². The average molecular weight is 319 g/mol. The summed E-state index contributed by atoms with van der Waals surface area (Å²) in [6, 6.07) is 4.59. The van der Waals surface area contributed by atoms with E-state index >= 15 is 0 Å². The van der Waals surface area contributed by atoms with E-state index in [9.17, 15) is 14.7 Å². The summed E-state index contributed by atoms with van der Waals surface area (Å²) < 4.78 is 0. The number of aliphatic hydroxyl groups is 1. The number of carbonyl (C=O) groups excluding carboxylic acids is 2. The molecule has 1 aliphatic carbocycles. The number of anilines is 1. The van der Waals surface area contributed by atoms with Crippen LogP contribution in [0.1, 0.15) is 54.4 Å². The average Bonchev–Trinajstić information content (AvgIpc) is 2.72. The van der Waals surface area contributed by atoms with Crippen LogP contribution < -0.4 is 16.4 Å². The zero-order chi connectivity index (χ0) is 16.9. The highest BCUT2D eigenvalue weighted by molar-refractivity contribution is 5.97. The minimum atomic E-state index is -0.820. The number of amides is 3. The molecule has 0 saturated heterocycles. The maximum Gasteiger partial charge on any atom is 0.319 e. The van der Waals surface area contributed by atoms with Crippen LogP contribution in [-0.2, 0) is 0 Å². The molecule has 1 fully saturated rings. The predicted molar refractivity (Wildman–Crippen MR) is 89.4 cm³/mol. The summed E-state index contributed by atoms with van der Waals surface area (Å²) in [5.41, 5.74) is 6.12. The smallest absolute Gasteiger partial charge is 0.319 e. The van der Waals surface area contributed by atoms with Gasteiger partial charge in [0.15, 0.2) is 0 Å². The Morgan fingerprint density at radius 1 is 1.22 bits per heavy atom. The van der Waals surface area contributed by atoms with Crippen molar-refractivity contribution < 1.29 is 14.7 Å². The SMILES string of the molecule is Cc1ccc(NC(=O)NCC2(O)CCCCCC2)cc1C(N)=O. The molecule has 0 aliphatic heterocycles. The Morgan fingerprint density at radius 2 is 1.87 bits per heavy atom. The van der Waals surface area contributed by atoms with Crippen molar-refractivity contribution >= 4 is 17.6 Å². The Kier molecular flexibility index (Phi) is 5.60. The van der Waals surface area contributed by atoms with Gasteiger partial charge in [0.1, 0.15) is 0 Å². The highest BCUT2D eigenvalue weighted by atomic mass is 16.3. The zero-order valence-electron chi connectivity index (χ0n) is 13.5. The van der Waals surface area contributed by atoms with Crippen molar-refractivity contribution in [1.29, 1.82) is 0 Å². The Bertz CT molecular complexity index is 578. The first-order valence-electron chi connectivity index (χ1n) is 8.07. The summed E-state index contributed by atoms with van der Waals surface area (Å²) in [4.78, 5) is 23.3. The molecule has 1 aromatic carbocycles. The molecule has 0 bridgehead atoms. The fourth-order valence-corrected chi connectivity index (χ4v) is 2.95. The molecule has 6 heteroatoms. The lowest BCUT2D eigenvalue weighted by Gasteiger charge is -2.26. The second-order valence-corrected chi connectivity index (χ2v) is 6.34. The van der Waals surface area contributed by atoms with Gasteiger partial charge >= 0.3 is 6.03 Å². The van der Waals surface area contributed by atoms with E-state index in [-0.39, 0.29) is 6.54 Å². The fourth-order valence-electron chi connectivity index (χ4n) is 2.95. The van der Waals surface area contributed by atoms with E-state index in [0.717, 1.165) is 31.2 Å². The molecule has 1 aliphatic rings. The van der Waals surface area contributed by atoms with E-state index < -0.39 is 17.5 Å². The summed E-state index contributed by atoms with van der Waals surface area (Å²) in [6.45, 7) is 2.01. The monoisotopic (exact) mass is 319 g/mol. The van der Waals surface area contributed by atoms with E-state index in [1.54, 1.807) is 25.1 Å². The number of nitrogens with one attached hydrogen (secondary N) is 2. The van der Waals surface area contributed by atoms with Crippen molar-refractivity contribution in [2.75, 3.05) is 11.9 Å². The van der Waals surface area contributed by atoms with Crippen LogP contribution in [0.25, 0.3) is 0 Å². The number of aryl methyl sites for hydroxylation is 1. The molecular formula is C17H25N3O3. The third kappa shape index (κ3) is 4.96. The fraction of sp³-hybridized carbons (Fsp3) is 0.529. The second kappa shape index (κ2) is 7.46. The van der Waals surface area contributed by atoms with Crippen molar-refractivity contribution in [1.82, 2.24) is 5.32 Å². The number of primary amides is 1. The van der Waals surface area contributed by atoms with Gasteiger partial charge in [0, 0.05) is 17.8 Å². The minimum absolute atomic E-state index is 0.230. The van der Waals surface area contributed by atoms with Gasteiger partial charge in [-0.1, -0.05) is 31.7 Å². The molecule has 2 rings (SSSR count). The van der Waals surface area contributed by atoms with Gasteiger partial charge in [-0.3, -0.25) is 4.79 Å². The quantitative estimate of drug-likeness (QED) is 0.640. The summed E-state index contributed by atoms with van der Waals surface area (Å²) in [6.07, 6.45) is 5.66. The van der Waals surface area contributed by atoms with Crippen LogP contribution in [0, 0.1) is 6.92 Å². The molecule has 1 aromatic rings. The molecule has 126 valence electrons. The van der Waals surface area contributed by atoms with Crippen LogP contribution in [0.5, 0.6) is 0 Å². The van der Waals surface area contributed by atoms with Crippen LogP contribution >= 0.6 is 0 Å². The highest BCUT2D eigenvalue weighted by Crippen LogP contribution is 2.26. The van der Waals surface area contributed by atoms with Crippen LogP contribution in [0.15, 0.2) is 18.2 Å². The van der Waals surface area contributed by atoms with Crippen LogP contribution in [0.4, 0.5) is 10.5 Å². The molecular weight excluding hydrogens is 294 g/mol. The lowest BCUT2D eigenvalue weighted by Crippen LogP contribution is -2.44. The molecule has 1 saturated carbocycles. The van der Waals surface area contributed by atoms with E-state index in [2.05, 4.69) is 10.6 Å². The molecule has 0 unspecified atom stereocenters. The normalized spacial score (nSPS) is 17.1. The number of rotatable bonds is 4. The number of urea groups is 1. The summed E-state index contributed by atoms with van der Waals surface area (Å²) in [5, 5.41) is 15.9. The number of benzene rings is 1. The van der Waals surface area contributed by atoms with Crippen LogP contribution in [0.3, 0.4) is 0 Å². The van der Waals surface area contributed by atoms with Crippen molar-refractivity contribution in [2.45, 2.75) is 51.0 Å². The predicted octanol–water partition coefficient (Wildman–Crippen LogP) is 2.30. The Labute approximate surface area is 136 Å². The topological polar surface area (TPSA) is 104 Å². The number of carbonyl (C=O) groups is 2. The molecule has 0 aromatic heterocycles. The van der Waals surface area contributed by atoms with Crippen molar-refractivity contribution in [3.8, 4) is 0 Å². The third-order valence-corrected chi connectivity index (χ3v) is 4.37. The Balaban J connectivity index is 1.92. The van der Waals surface area contributed by atoms with E-state index in [4.69, 9.17) is 5.73 Å². The molecule has 5 N–H and O–H groups in total. The van der Waals surface area contributed by atoms with Crippen LogP contribution in [-0.4, -0.2) is 29.2 Å². The largest absolute Gasteiger partial charge is 0.388 e. The van der Waals surface area contributed by atoms with E-state index in [1.807, 2.05) is 0 Å². The van der Waals surface area contributed by atoms with Crippen LogP contribution in [0.2, 0.25) is 0 Å². The van der Waals surface area contributed by atoms with Crippen molar-refractivity contribution in [3.63, 3.8) is 0 Å². The zero-order valence-corrected chi connectivity index (χ0v) is 13.5. The third-order valence-electron chi connectivity index (χ3n) is 4.37. The summed E-state index contributed by atoms with van der Waals surface area (Å²) in [7, 11) is 0. The number of hydrogen-bond donors (Lipinski definition) is 4. The lowest BCUT2D eigenvalue weighted by molar-refractivity contribution is 0.0281. The van der Waals surface area contributed by atoms with Gasteiger partial charge in [0.2, 0.25) is 5.91 Å². The minimum Gasteiger partial charge on any atom is -0.388 e. The molecule has 0 spiro atoms. The second-order valence-electron chi connectivity index (χ2n) is 6.34. The van der Waals surface area contributed by atoms with Gasteiger partial charge in [-0.15, -0.1) is 0 Å². The molecule has 3 amide bonds. The number of nitrogens with two attached hydrogens (primary N) is 1. The maximum absolute atomic E-state index is 12.0. The van der Waals surface area contributed by atoms with Gasteiger partial charge in [-0.25, -0.2) is 4.79 Å². The number of hydrogen-bond acceptors (Lipinski definition) is 3. The maximum atomic E-state index is 12.0. The Morgan fingerprint density at radius 3 is 2.48 bits per heavy atom. The Hall–Kier alpha value is -2.08. The first kappa shape index (κ1) is 17.3. The van der Waals surface area contributed by atoms with Crippen molar-refractivity contribution in [2.24, 2.45) is 5.73 Å². The lowest BCUT2D eigenvalue weighted by atomic mass is 9.95. The van der Waals surface area contributed by atoms with Gasteiger partial charge in [0.05, 0.1) is 5.60 Å². The molecule has 0 atom stereocenters. The van der Waals surface area contributed by atoms with Gasteiger partial charge in [-0.05, 0) is 37.5 Å². The van der Waals surface area contributed by atoms with Gasteiger partial charge < -0.3 is 21.5 Å². The van der Waals surface area contributed by atoms with Gasteiger partial charge in [-0.2, -0.15) is 0 Å². The summed E-state index contributed by atoms with van der Waals surface area (Å²) in [5.74, 6) is -0.528. The van der Waals surface area contributed by atoms with E-state index in [0.29, 0.717) is 24.1 Å². The standard InChI is InChI=1S/C17H25N3O3/c1-12-6-7-13(10-14(12)15(18)21)20-16(22)19-11-17(23)8-4-2-3-5-9-17/h6-7,10,23H,2-5,8-9,11H2,1H3,(H2,18,21)(H2,19,20,22). The molecule has 6 nitrogen and oxygen atoms in total. The van der Waals surface area contributed by atoms with Crippen molar-refractivity contribution in [3.05, 3.63) is 29.3 Å². The van der Waals surface area contributed by atoms with Gasteiger partial charge in [0.25, 0.3) is 0 Å². The molecule has 0 heterocycles. The molecule has 23 heavy (non-hydrogen) atoms. The molecule has 0 radical (unpaired) electrons. The first-order valence-corrected chi connectivity index (χ1v) is 8.07. The highest BCUT2D eigenvalue weighted by Gasteiger charge is 2.28.